The van der Waals surface area contributed by atoms with E-state index in [1.54, 1.807) is 12.1 Å². The topological polar surface area (TPSA) is 35.8 Å². The Morgan fingerprint density at radius 3 is 2.60 bits per heavy atom. The van der Waals surface area contributed by atoms with E-state index in [4.69, 9.17) is 11.7 Å². The van der Waals surface area contributed by atoms with Crippen molar-refractivity contribution < 1.29 is 4.39 Å². The lowest BCUT2D eigenvalue weighted by molar-refractivity contribution is 0.623. The average molecular weight is 202 g/mol. The molecule has 0 heterocycles. The first kappa shape index (κ1) is 11.1. The summed E-state index contributed by atoms with van der Waals surface area (Å²) >= 11 is 0. The zero-order valence-electron chi connectivity index (χ0n) is 8.63. The summed E-state index contributed by atoms with van der Waals surface area (Å²) in [5.41, 5.74) is 0.0501. The predicted octanol–water partition coefficient (Wildman–Crippen LogP) is 2.52. The first-order chi connectivity index (χ1) is 6.98. The van der Waals surface area contributed by atoms with E-state index in [2.05, 4.69) is 11.2 Å². The van der Waals surface area contributed by atoms with Gasteiger partial charge in [-0.25, -0.2) is 4.39 Å². The van der Waals surface area contributed by atoms with Crippen molar-refractivity contribution in [3.63, 3.8) is 0 Å². The molecule has 15 heavy (non-hydrogen) atoms. The number of nitrogens with one attached hydrogen (secondary N) is 1. The minimum atomic E-state index is -0.546. The molecule has 1 N–H and O–H groups in total. The quantitative estimate of drug-likeness (QED) is 0.748. The standard InChI is InChI=1S/C12H11FN2/c1-4-12(2,3)15-10-6-5-9(8-14)11(13)7-10/h1,5-7,15H,2-3H3. The van der Waals surface area contributed by atoms with Gasteiger partial charge in [-0.3, -0.25) is 0 Å². The third-order valence-electron chi connectivity index (χ3n) is 1.91. The van der Waals surface area contributed by atoms with Crippen LogP contribution in [0.15, 0.2) is 18.2 Å². The van der Waals surface area contributed by atoms with Crippen LogP contribution < -0.4 is 5.32 Å². The summed E-state index contributed by atoms with van der Waals surface area (Å²) in [5.74, 6) is 1.99. The summed E-state index contributed by atoms with van der Waals surface area (Å²) < 4.78 is 13.2. The summed E-state index contributed by atoms with van der Waals surface area (Å²) in [6.07, 6.45) is 5.29. The summed E-state index contributed by atoms with van der Waals surface area (Å²) in [7, 11) is 0. The smallest absolute Gasteiger partial charge is 0.143 e. The highest BCUT2D eigenvalue weighted by atomic mass is 19.1. The number of hydrogen-bond acceptors (Lipinski definition) is 2. The number of terminal acetylenes is 1. The van der Waals surface area contributed by atoms with Gasteiger partial charge in [0.1, 0.15) is 11.9 Å². The molecule has 0 aromatic heterocycles. The second-order valence-electron chi connectivity index (χ2n) is 3.70. The number of anilines is 1. The number of benzene rings is 1. The summed E-state index contributed by atoms with van der Waals surface area (Å²) in [6, 6.07) is 6.06. The van der Waals surface area contributed by atoms with E-state index in [0.29, 0.717) is 5.69 Å². The monoisotopic (exact) mass is 202 g/mol. The fraction of sp³-hybridized carbons (Fsp3) is 0.250. The number of rotatable bonds is 2. The molecule has 0 radical (unpaired) electrons. The predicted molar refractivity (Wildman–Crippen MR) is 57.6 cm³/mol. The lowest BCUT2D eigenvalue weighted by Gasteiger charge is -2.21. The van der Waals surface area contributed by atoms with Crippen LogP contribution in [0.25, 0.3) is 0 Å². The molecule has 0 bridgehead atoms. The molecule has 2 nitrogen and oxygen atoms in total. The molecule has 0 amide bonds. The second kappa shape index (κ2) is 4.02. The van der Waals surface area contributed by atoms with Crippen molar-refractivity contribution in [1.82, 2.24) is 0 Å². The van der Waals surface area contributed by atoms with Crippen LogP contribution in [0.3, 0.4) is 0 Å². The summed E-state index contributed by atoms with van der Waals surface area (Å²) in [4.78, 5) is 0. The lowest BCUT2D eigenvalue weighted by atomic mass is 10.1. The highest BCUT2D eigenvalue weighted by Crippen LogP contribution is 2.17. The van der Waals surface area contributed by atoms with Gasteiger partial charge in [-0.2, -0.15) is 5.26 Å². The van der Waals surface area contributed by atoms with Gasteiger partial charge in [0.15, 0.2) is 0 Å². The maximum atomic E-state index is 13.2. The molecule has 3 heteroatoms. The van der Waals surface area contributed by atoms with Gasteiger partial charge >= 0.3 is 0 Å². The van der Waals surface area contributed by atoms with Gasteiger partial charge in [0, 0.05) is 5.69 Å². The Balaban J connectivity index is 2.97. The average Bonchev–Trinajstić information content (AvgIpc) is 2.17. The van der Waals surface area contributed by atoms with Crippen molar-refractivity contribution in [3.05, 3.63) is 29.6 Å². The van der Waals surface area contributed by atoms with Crippen molar-refractivity contribution in [1.29, 1.82) is 5.26 Å². The van der Waals surface area contributed by atoms with E-state index in [-0.39, 0.29) is 5.56 Å². The van der Waals surface area contributed by atoms with Crippen LogP contribution >= 0.6 is 0 Å². The molecule has 0 aliphatic heterocycles. The van der Waals surface area contributed by atoms with E-state index in [0.717, 1.165) is 0 Å². The van der Waals surface area contributed by atoms with Gasteiger partial charge in [-0.1, -0.05) is 5.92 Å². The van der Waals surface area contributed by atoms with Crippen LogP contribution in [0, 0.1) is 29.5 Å². The molecule has 0 fully saturated rings. The number of halogens is 1. The van der Waals surface area contributed by atoms with Gasteiger partial charge in [0.05, 0.1) is 11.1 Å². The molecule has 0 saturated heterocycles. The largest absolute Gasteiger partial charge is 0.369 e. The highest BCUT2D eigenvalue weighted by Gasteiger charge is 2.13. The molecular weight excluding hydrogens is 191 g/mol. The van der Waals surface area contributed by atoms with Gasteiger partial charge < -0.3 is 5.32 Å². The SMILES string of the molecule is C#CC(C)(C)Nc1ccc(C#N)c(F)c1. The molecule has 76 valence electrons. The van der Waals surface area contributed by atoms with Crippen LogP contribution in [0.1, 0.15) is 19.4 Å². The van der Waals surface area contributed by atoms with E-state index in [1.807, 2.05) is 13.8 Å². The molecule has 0 aliphatic carbocycles. The van der Waals surface area contributed by atoms with Gasteiger partial charge in [0.25, 0.3) is 0 Å². The van der Waals surface area contributed by atoms with Gasteiger partial charge in [-0.15, -0.1) is 6.42 Å². The van der Waals surface area contributed by atoms with E-state index < -0.39 is 11.4 Å². The van der Waals surface area contributed by atoms with E-state index >= 15 is 0 Å². The molecular formula is C12H11FN2. The zero-order chi connectivity index (χ0) is 11.5. The van der Waals surface area contributed by atoms with Crippen LogP contribution in [0.5, 0.6) is 0 Å². The maximum absolute atomic E-state index is 13.2. The van der Waals surface area contributed by atoms with Crippen LogP contribution in [-0.2, 0) is 0 Å². The van der Waals surface area contributed by atoms with Gasteiger partial charge in [-0.05, 0) is 32.0 Å². The summed E-state index contributed by atoms with van der Waals surface area (Å²) in [6.45, 7) is 3.62. The third kappa shape index (κ3) is 2.72. The molecule has 0 unspecified atom stereocenters. The second-order valence-corrected chi connectivity index (χ2v) is 3.70. The number of nitrogens with zero attached hydrogens (tertiary/aromatic N) is 1. The third-order valence-corrected chi connectivity index (χ3v) is 1.91. The fourth-order valence-corrected chi connectivity index (χ4v) is 1.08. The minimum Gasteiger partial charge on any atom is -0.369 e. The number of nitriles is 1. The Morgan fingerprint density at radius 2 is 2.13 bits per heavy atom. The highest BCUT2D eigenvalue weighted by molar-refractivity contribution is 5.51. The van der Waals surface area contributed by atoms with Gasteiger partial charge in [0.2, 0.25) is 0 Å². The van der Waals surface area contributed by atoms with Crippen molar-refractivity contribution in [2.24, 2.45) is 0 Å². The summed E-state index contributed by atoms with van der Waals surface area (Å²) in [5, 5.41) is 11.5. The molecule has 0 atom stereocenters. The lowest BCUT2D eigenvalue weighted by Crippen LogP contribution is -2.28. The minimum absolute atomic E-state index is 0.0269. The Kier molecular flexibility index (Phi) is 2.97. The Morgan fingerprint density at radius 1 is 1.47 bits per heavy atom. The molecule has 0 saturated carbocycles. The van der Waals surface area contributed by atoms with E-state index in [1.165, 1.54) is 12.1 Å². The normalized spacial score (nSPS) is 10.2. The van der Waals surface area contributed by atoms with E-state index in [9.17, 15) is 4.39 Å². The zero-order valence-corrected chi connectivity index (χ0v) is 8.63. The van der Waals surface area contributed by atoms with Crippen molar-refractivity contribution >= 4 is 5.69 Å². The van der Waals surface area contributed by atoms with Crippen LogP contribution in [0.4, 0.5) is 10.1 Å². The maximum Gasteiger partial charge on any atom is 0.143 e. The van der Waals surface area contributed by atoms with Crippen molar-refractivity contribution in [2.45, 2.75) is 19.4 Å². The van der Waals surface area contributed by atoms with Crippen molar-refractivity contribution in [3.8, 4) is 18.4 Å². The molecule has 1 aromatic rings. The fourth-order valence-electron chi connectivity index (χ4n) is 1.08. The number of hydrogen-bond donors (Lipinski definition) is 1. The Labute approximate surface area is 88.7 Å². The Hall–Kier alpha value is -2.00. The van der Waals surface area contributed by atoms with Crippen LogP contribution in [0.2, 0.25) is 0 Å². The molecule has 1 aromatic carbocycles. The first-order valence-electron chi connectivity index (χ1n) is 4.44. The molecule has 0 aliphatic rings. The molecule has 1 rings (SSSR count). The Bertz CT molecular complexity index is 450. The molecule has 0 spiro atoms. The van der Waals surface area contributed by atoms with Crippen molar-refractivity contribution in [2.75, 3.05) is 5.32 Å². The van der Waals surface area contributed by atoms with Crippen LogP contribution in [-0.4, -0.2) is 5.54 Å². The first-order valence-corrected chi connectivity index (χ1v) is 4.44.